The summed E-state index contributed by atoms with van der Waals surface area (Å²) in [5.74, 6) is 3.65. The lowest BCUT2D eigenvalue weighted by Gasteiger charge is -2.44. The van der Waals surface area contributed by atoms with Crippen LogP contribution in [0.5, 0.6) is 0 Å². The molecule has 6 rings (SSSR count). The van der Waals surface area contributed by atoms with E-state index in [0.29, 0.717) is 79.1 Å². The van der Waals surface area contributed by atoms with Crippen molar-refractivity contribution in [1.82, 2.24) is 15.1 Å². The summed E-state index contributed by atoms with van der Waals surface area (Å²) in [5.41, 5.74) is 9.11. The van der Waals surface area contributed by atoms with Gasteiger partial charge in [-0.2, -0.15) is 0 Å². The highest BCUT2D eigenvalue weighted by Gasteiger charge is 2.44. The molecule has 1 atom stereocenters. The van der Waals surface area contributed by atoms with Gasteiger partial charge < -0.3 is 30.9 Å². The van der Waals surface area contributed by atoms with Crippen molar-refractivity contribution < 1.29 is 19.1 Å². The van der Waals surface area contributed by atoms with Crippen LogP contribution in [-0.2, 0) is 26.2 Å². The first kappa shape index (κ1) is 31.3. The van der Waals surface area contributed by atoms with Gasteiger partial charge in [0.15, 0.2) is 6.10 Å². The zero-order chi connectivity index (χ0) is 31.6. The number of amides is 3. The first-order valence-electron chi connectivity index (χ1n) is 16.2. The van der Waals surface area contributed by atoms with Crippen LogP contribution >= 0.6 is 11.6 Å². The largest absolute Gasteiger partial charge is 0.436 e. The molecular weight excluding hydrogens is 590 g/mol. The Balaban J connectivity index is 1.16. The molecule has 0 bridgehead atoms. The van der Waals surface area contributed by atoms with Gasteiger partial charge in [0.05, 0.1) is 10.7 Å². The molecule has 45 heavy (non-hydrogen) atoms. The van der Waals surface area contributed by atoms with Crippen molar-refractivity contribution in [3.05, 3.63) is 58.1 Å². The highest BCUT2D eigenvalue weighted by atomic mass is 35.5. The number of nitrogens with zero attached hydrogens (tertiary/aromatic N) is 2. The highest BCUT2D eigenvalue weighted by molar-refractivity contribution is 6.33. The van der Waals surface area contributed by atoms with Crippen LogP contribution in [0, 0.1) is 24.2 Å². The molecule has 4 aliphatic heterocycles. The van der Waals surface area contributed by atoms with E-state index in [-0.39, 0.29) is 23.7 Å². The van der Waals surface area contributed by atoms with Gasteiger partial charge in [-0.15, -0.1) is 6.42 Å². The van der Waals surface area contributed by atoms with Gasteiger partial charge in [-0.1, -0.05) is 35.7 Å². The molecule has 3 amide bonds. The third-order valence-electron chi connectivity index (χ3n) is 10.4. The Bertz CT molecular complexity index is 1480. The van der Waals surface area contributed by atoms with Crippen LogP contribution in [0.4, 0.5) is 16.2 Å². The fourth-order valence-corrected chi connectivity index (χ4v) is 8.07. The van der Waals surface area contributed by atoms with Crippen molar-refractivity contribution in [2.75, 3.05) is 50.3 Å². The van der Waals surface area contributed by atoms with Crippen molar-refractivity contribution in [3.63, 3.8) is 0 Å². The van der Waals surface area contributed by atoms with Crippen molar-refractivity contribution in [2.45, 2.75) is 62.9 Å². The lowest BCUT2D eigenvalue weighted by atomic mass is 9.68. The predicted molar refractivity (Wildman–Crippen MR) is 175 cm³/mol. The van der Waals surface area contributed by atoms with Crippen LogP contribution in [0.15, 0.2) is 36.4 Å². The minimum Gasteiger partial charge on any atom is -0.436 e. The second-order valence-electron chi connectivity index (χ2n) is 13.0. The molecular formula is C35H42ClN5O4. The van der Waals surface area contributed by atoms with Gasteiger partial charge in [0.2, 0.25) is 5.91 Å². The Morgan fingerprint density at radius 1 is 1.04 bits per heavy atom. The quantitative estimate of drug-likeness (QED) is 0.329. The Morgan fingerprint density at radius 3 is 2.44 bits per heavy atom. The predicted octanol–water partition coefficient (Wildman–Crippen LogP) is 4.57. The minimum atomic E-state index is -1.03. The molecule has 238 valence electrons. The maximum Gasteiger partial charge on any atom is 0.410 e. The third-order valence-corrected chi connectivity index (χ3v) is 10.7. The van der Waals surface area contributed by atoms with Gasteiger partial charge in [0.25, 0.3) is 5.91 Å². The van der Waals surface area contributed by atoms with E-state index < -0.39 is 12.2 Å². The molecule has 2 aromatic carbocycles. The number of nitrogen functional groups attached to an aromatic ring is 1. The fourth-order valence-electron chi connectivity index (χ4n) is 7.83. The molecule has 4 heterocycles. The number of piperidine rings is 3. The first-order valence-corrected chi connectivity index (χ1v) is 16.5. The monoisotopic (exact) mass is 631 g/mol. The maximum atomic E-state index is 14.0. The Labute approximate surface area is 270 Å². The minimum absolute atomic E-state index is 0.00666. The smallest absolute Gasteiger partial charge is 0.410 e. The van der Waals surface area contributed by atoms with Crippen LogP contribution in [0.2, 0.25) is 5.02 Å². The van der Waals surface area contributed by atoms with Crippen LogP contribution in [0.3, 0.4) is 0 Å². The van der Waals surface area contributed by atoms with Gasteiger partial charge >= 0.3 is 6.09 Å². The number of likely N-dealkylation sites (tertiary alicyclic amines) is 2. The summed E-state index contributed by atoms with van der Waals surface area (Å²) in [6.07, 6.45) is 10.2. The third kappa shape index (κ3) is 6.63. The summed E-state index contributed by atoms with van der Waals surface area (Å²) < 4.78 is 6.04. The summed E-state index contributed by atoms with van der Waals surface area (Å²) in [4.78, 5) is 43.7. The van der Waals surface area contributed by atoms with Crippen molar-refractivity contribution in [3.8, 4) is 12.3 Å². The van der Waals surface area contributed by atoms with Gasteiger partial charge in [-0.3, -0.25) is 9.59 Å². The zero-order valence-corrected chi connectivity index (χ0v) is 26.4. The molecule has 9 nitrogen and oxygen atoms in total. The number of halogens is 1. The Morgan fingerprint density at radius 2 is 1.73 bits per heavy atom. The second-order valence-corrected chi connectivity index (χ2v) is 13.5. The number of anilines is 2. The van der Waals surface area contributed by atoms with E-state index in [4.69, 9.17) is 28.5 Å². The Kier molecular flexibility index (Phi) is 9.25. The lowest BCUT2D eigenvalue weighted by molar-refractivity contribution is -0.142. The number of carbonyl (C=O) groups excluding carboxylic acids is 3. The number of benzene rings is 2. The molecule has 0 unspecified atom stereocenters. The van der Waals surface area contributed by atoms with Crippen molar-refractivity contribution >= 4 is 40.9 Å². The van der Waals surface area contributed by atoms with Crippen LogP contribution in [-0.4, -0.2) is 73.1 Å². The van der Waals surface area contributed by atoms with E-state index in [9.17, 15) is 14.4 Å². The molecule has 0 saturated carbocycles. The number of ether oxygens (including phenoxy) is 1. The molecule has 0 aliphatic carbocycles. The number of carbonyl (C=O) groups is 3. The van der Waals surface area contributed by atoms with E-state index in [1.165, 1.54) is 12.8 Å². The number of para-hydroxylation sites is 1. The van der Waals surface area contributed by atoms with Crippen LogP contribution in [0.1, 0.15) is 61.6 Å². The van der Waals surface area contributed by atoms with Gasteiger partial charge in [0.1, 0.15) is 0 Å². The van der Waals surface area contributed by atoms with Crippen LogP contribution in [0.25, 0.3) is 0 Å². The number of nitrogens with two attached hydrogens (primary N) is 1. The fraction of sp³-hybridized carbons (Fsp3) is 0.514. The molecule has 4 N–H and O–H groups in total. The normalized spacial score (nSPS) is 21.0. The van der Waals surface area contributed by atoms with E-state index in [1.54, 1.807) is 17.0 Å². The molecule has 4 aliphatic rings. The average Bonchev–Trinajstić information content (AvgIpc) is 3.06. The molecule has 0 radical (unpaired) electrons. The molecule has 0 aromatic heterocycles. The zero-order valence-electron chi connectivity index (χ0n) is 25.7. The van der Waals surface area contributed by atoms with Crippen molar-refractivity contribution in [1.29, 1.82) is 0 Å². The highest BCUT2D eigenvalue weighted by Crippen LogP contribution is 2.45. The van der Waals surface area contributed by atoms with Gasteiger partial charge in [-0.25, -0.2) is 4.79 Å². The topological polar surface area (TPSA) is 117 Å². The van der Waals surface area contributed by atoms with E-state index >= 15 is 0 Å². The summed E-state index contributed by atoms with van der Waals surface area (Å²) in [6, 6.07) is 11.3. The van der Waals surface area contributed by atoms with E-state index in [2.05, 4.69) is 22.6 Å². The maximum absolute atomic E-state index is 14.0. The first-order chi connectivity index (χ1) is 21.8. The average molecular weight is 632 g/mol. The molecule has 1 spiro atoms. The standard InChI is InChI=1S/C35H42ClN5O4/c1-2-24-19-23(20-28(36)32(24)37)21-30(33(43)40-15-9-26(10-16-40)25-7-13-38-14-8-25)45-34(44)41-17-11-35(12-18-41)22-31(42)39-29-6-4-3-5-27(29)35/h1,3-6,19-20,25-26,30,38H,7-18,21-22,37H2,(H,39,42)/t30-/m1/s1. The van der Waals surface area contributed by atoms with E-state index in [1.807, 2.05) is 23.1 Å². The number of fused-ring (bicyclic) bond motifs is 2. The number of nitrogens with one attached hydrogen (secondary N) is 2. The van der Waals surface area contributed by atoms with Crippen LogP contribution < -0.4 is 16.4 Å². The molecule has 3 fully saturated rings. The molecule has 2 aromatic rings. The number of terminal acetylenes is 1. The molecule has 3 saturated heterocycles. The SMILES string of the molecule is C#Cc1cc(C[C@@H](OC(=O)N2CCC3(CC2)CC(=O)Nc2ccccc23)C(=O)N2CCC(C3CCNCC3)CC2)cc(Cl)c1N. The second kappa shape index (κ2) is 13.3. The lowest BCUT2D eigenvalue weighted by Crippen LogP contribution is -2.51. The van der Waals surface area contributed by atoms with E-state index in [0.717, 1.165) is 37.2 Å². The van der Waals surface area contributed by atoms with Crippen molar-refractivity contribution in [2.24, 2.45) is 11.8 Å². The summed E-state index contributed by atoms with van der Waals surface area (Å²) >= 11 is 6.38. The number of hydrogen-bond acceptors (Lipinski definition) is 6. The summed E-state index contributed by atoms with van der Waals surface area (Å²) in [7, 11) is 0. The summed E-state index contributed by atoms with van der Waals surface area (Å²) in [5, 5.41) is 6.72. The summed E-state index contributed by atoms with van der Waals surface area (Å²) in [6.45, 7) is 4.27. The van der Waals surface area contributed by atoms with Gasteiger partial charge in [0, 0.05) is 55.7 Å². The number of hydrogen-bond donors (Lipinski definition) is 3. The number of rotatable bonds is 5. The Hall–Kier alpha value is -3.74. The molecule has 10 heteroatoms. The van der Waals surface area contributed by atoms with Gasteiger partial charge in [-0.05, 0) is 92.8 Å².